The second-order valence-corrected chi connectivity index (χ2v) is 9.74. The molecule has 8 heteroatoms. The van der Waals surface area contributed by atoms with Crippen molar-refractivity contribution in [2.24, 2.45) is 11.3 Å². The molecule has 30 heavy (non-hydrogen) atoms. The van der Waals surface area contributed by atoms with Crippen LogP contribution in [0.3, 0.4) is 0 Å². The number of anilines is 1. The van der Waals surface area contributed by atoms with Crippen LogP contribution in [0.4, 0.5) is 5.69 Å². The molecule has 1 aromatic carbocycles. The van der Waals surface area contributed by atoms with Crippen LogP contribution in [0.2, 0.25) is 0 Å². The Morgan fingerprint density at radius 3 is 3.03 bits per heavy atom. The lowest BCUT2D eigenvalue weighted by atomic mass is 9.41. The van der Waals surface area contributed by atoms with E-state index in [2.05, 4.69) is 10.2 Å². The third-order valence-corrected chi connectivity index (χ3v) is 9.08. The van der Waals surface area contributed by atoms with Gasteiger partial charge in [-0.1, -0.05) is 6.07 Å². The van der Waals surface area contributed by atoms with E-state index in [0.29, 0.717) is 43.7 Å². The Bertz CT molecular complexity index is 1030. The van der Waals surface area contributed by atoms with Gasteiger partial charge < -0.3 is 24.6 Å². The van der Waals surface area contributed by atoms with E-state index in [4.69, 9.17) is 14.2 Å². The normalized spacial score (nSPS) is 44.3. The van der Waals surface area contributed by atoms with Crippen molar-refractivity contribution in [2.75, 3.05) is 32.3 Å². The van der Waals surface area contributed by atoms with Gasteiger partial charge in [-0.2, -0.15) is 0 Å². The van der Waals surface area contributed by atoms with Gasteiger partial charge >= 0.3 is 5.97 Å². The predicted molar refractivity (Wildman–Crippen MR) is 103 cm³/mol. The number of benzene rings is 1. The van der Waals surface area contributed by atoms with Gasteiger partial charge in [0.05, 0.1) is 24.3 Å². The van der Waals surface area contributed by atoms with Crippen LogP contribution in [-0.4, -0.2) is 66.4 Å². The van der Waals surface area contributed by atoms with Crippen LogP contribution in [0.15, 0.2) is 12.1 Å². The first-order valence-electron chi connectivity index (χ1n) is 10.7. The number of ether oxygens (including phenoxy) is 3. The molecule has 0 radical (unpaired) electrons. The summed E-state index contributed by atoms with van der Waals surface area (Å²) in [5.41, 5.74) is -0.703. The fraction of sp³-hybridized carbons (Fsp3) is 0.636. The van der Waals surface area contributed by atoms with Crippen molar-refractivity contribution in [1.82, 2.24) is 4.90 Å². The maximum absolute atomic E-state index is 13.6. The Hall–Kier alpha value is -2.32. The number of carbonyl (C=O) groups excluding carboxylic acids is 2. The third-order valence-electron chi connectivity index (χ3n) is 9.08. The van der Waals surface area contributed by atoms with E-state index in [9.17, 15) is 14.7 Å². The second-order valence-electron chi connectivity index (χ2n) is 9.74. The number of aliphatic hydroxyl groups excluding tert-OH is 1. The number of aliphatic hydroxyl groups is 1. The number of methoxy groups -OCH3 is 1. The molecule has 0 amide bonds. The highest BCUT2D eigenvalue weighted by molar-refractivity contribution is 5.99. The van der Waals surface area contributed by atoms with Gasteiger partial charge in [-0.3, -0.25) is 9.69 Å². The highest BCUT2D eigenvalue weighted by atomic mass is 16.7. The molecule has 158 valence electrons. The van der Waals surface area contributed by atoms with E-state index in [0.717, 1.165) is 17.8 Å². The molecule has 1 aromatic rings. The molecule has 4 fully saturated rings. The summed E-state index contributed by atoms with van der Waals surface area (Å²) in [6.45, 7) is 1.48. The number of carbonyl (C=O) groups is 2. The van der Waals surface area contributed by atoms with Crippen LogP contribution in [0, 0.1) is 11.3 Å². The van der Waals surface area contributed by atoms with Crippen LogP contribution in [0.25, 0.3) is 0 Å². The highest BCUT2D eigenvalue weighted by Crippen LogP contribution is 2.73. The zero-order valence-corrected chi connectivity index (χ0v) is 16.8. The number of fused-ring (bicyclic) bond motifs is 3. The van der Waals surface area contributed by atoms with Crippen LogP contribution in [0.5, 0.6) is 11.5 Å². The predicted octanol–water partition coefficient (Wildman–Crippen LogP) is 0.808. The molecule has 8 nitrogen and oxygen atoms in total. The molecular formula is C22H24N2O6. The molecule has 2 saturated carbocycles. The largest absolute Gasteiger partial charge is 0.467 e. The van der Waals surface area contributed by atoms with Crippen molar-refractivity contribution < 1.29 is 28.9 Å². The summed E-state index contributed by atoms with van der Waals surface area (Å²) in [5, 5.41) is 14.7. The number of Topliss-reactive ketones (excluding diaryl/α,β-unsaturated/α-hetero) is 1. The van der Waals surface area contributed by atoms with E-state index >= 15 is 0 Å². The van der Waals surface area contributed by atoms with Gasteiger partial charge in [0, 0.05) is 36.9 Å². The molecule has 2 saturated heterocycles. The minimum atomic E-state index is -1.06. The van der Waals surface area contributed by atoms with Crippen LogP contribution < -0.4 is 14.8 Å². The molecule has 6 aliphatic rings. The maximum Gasteiger partial charge on any atom is 0.332 e. The molecule has 6 atom stereocenters. The maximum atomic E-state index is 13.6. The van der Waals surface area contributed by atoms with E-state index in [1.807, 2.05) is 12.1 Å². The number of hydrogen-bond acceptors (Lipinski definition) is 8. The van der Waals surface area contributed by atoms with Gasteiger partial charge in [0.15, 0.2) is 11.5 Å². The summed E-state index contributed by atoms with van der Waals surface area (Å²) in [6, 6.07) is 3.78. The Morgan fingerprint density at radius 1 is 1.33 bits per heavy atom. The number of piperidine rings is 1. The number of hydrogen-bond donors (Lipinski definition) is 2. The molecule has 4 bridgehead atoms. The smallest absolute Gasteiger partial charge is 0.332 e. The Morgan fingerprint density at radius 2 is 2.20 bits per heavy atom. The molecule has 2 N–H and O–H groups in total. The van der Waals surface area contributed by atoms with Crippen molar-refractivity contribution in [3.8, 4) is 11.5 Å². The van der Waals surface area contributed by atoms with Gasteiger partial charge in [-0.25, -0.2) is 4.79 Å². The number of nitrogens with one attached hydrogen (secondary N) is 1. The van der Waals surface area contributed by atoms with Crippen molar-refractivity contribution in [3.05, 3.63) is 17.7 Å². The third kappa shape index (κ3) is 1.51. The molecule has 0 aromatic heterocycles. The molecule has 0 unspecified atom stereocenters. The molecular weight excluding hydrogens is 388 g/mol. The van der Waals surface area contributed by atoms with Crippen molar-refractivity contribution >= 4 is 17.4 Å². The van der Waals surface area contributed by atoms with Crippen LogP contribution in [0.1, 0.15) is 31.2 Å². The topological polar surface area (TPSA) is 97.3 Å². The zero-order chi connectivity index (χ0) is 20.5. The van der Waals surface area contributed by atoms with Gasteiger partial charge in [0.25, 0.3) is 0 Å². The van der Waals surface area contributed by atoms with Gasteiger partial charge in [0.2, 0.25) is 6.79 Å². The minimum Gasteiger partial charge on any atom is -0.467 e. The minimum absolute atomic E-state index is 0.0987. The SMILES string of the molecule is COC(=O)[C@]12CC[C@@]34CC(=O)[C@H]5CN(CC[C@@H]3O)[C@@H]4[C@]51c1ccc3c(c1N2)OCO3. The number of ketones is 1. The lowest BCUT2D eigenvalue weighted by Crippen LogP contribution is -2.78. The average Bonchev–Trinajstić information content (AvgIpc) is 3.41. The fourth-order valence-corrected chi connectivity index (χ4v) is 8.21. The highest BCUT2D eigenvalue weighted by Gasteiger charge is 2.83. The first-order chi connectivity index (χ1) is 14.5. The van der Waals surface area contributed by atoms with Crippen molar-refractivity contribution in [2.45, 2.75) is 48.8 Å². The summed E-state index contributed by atoms with van der Waals surface area (Å²) in [6.07, 6.45) is 1.62. The summed E-state index contributed by atoms with van der Waals surface area (Å²) in [5.74, 6) is 0.721. The van der Waals surface area contributed by atoms with Gasteiger partial charge in [0.1, 0.15) is 11.3 Å². The van der Waals surface area contributed by atoms with E-state index in [-0.39, 0.29) is 30.5 Å². The van der Waals surface area contributed by atoms with Crippen molar-refractivity contribution in [3.63, 3.8) is 0 Å². The molecule has 2 aliphatic carbocycles. The first-order valence-corrected chi connectivity index (χ1v) is 10.7. The van der Waals surface area contributed by atoms with E-state index < -0.39 is 22.5 Å². The number of nitrogens with zero attached hydrogens (tertiary/aromatic N) is 1. The molecule has 1 spiro atoms. The monoisotopic (exact) mass is 412 g/mol. The Kier molecular flexibility index (Phi) is 2.96. The van der Waals surface area contributed by atoms with E-state index in [1.54, 1.807) is 0 Å². The number of esters is 1. The lowest BCUT2D eigenvalue weighted by molar-refractivity contribution is -0.178. The summed E-state index contributed by atoms with van der Waals surface area (Å²) < 4.78 is 16.7. The number of rotatable bonds is 1. The average molecular weight is 412 g/mol. The van der Waals surface area contributed by atoms with Crippen LogP contribution in [-0.2, 0) is 19.7 Å². The lowest BCUT2D eigenvalue weighted by Gasteiger charge is -2.65. The Labute approximate surface area is 173 Å². The zero-order valence-electron chi connectivity index (χ0n) is 16.8. The Balaban J connectivity index is 1.58. The summed E-state index contributed by atoms with van der Waals surface area (Å²) in [7, 11) is 1.41. The molecule has 7 rings (SSSR count). The molecule has 4 heterocycles. The first kappa shape index (κ1) is 17.4. The molecule has 4 aliphatic heterocycles. The van der Waals surface area contributed by atoms with Crippen LogP contribution >= 0.6 is 0 Å². The fourth-order valence-electron chi connectivity index (χ4n) is 8.21. The van der Waals surface area contributed by atoms with Gasteiger partial charge in [-0.05, 0) is 30.9 Å². The van der Waals surface area contributed by atoms with E-state index in [1.165, 1.54) is 7.11 Å². The standard InChI is InChI=1S/C22H24N2O6/c1-28-19(27)21-6-5-20-8-13(25)12-9-24(7-4-15(20)26)18(20)22(12,21)11-2-3-14-17(16(11)23-21)30-10-29-14/h2-3,12,15,18,23,26H,4-10H2,1H3/t12-,15+,18+,20-,21-,22+/m1/s1. The van der Waals surface area contributed by atoms with Gasteiger partial charge in [-0.15, -0.1) is 0 Å². The second kappa shape index (κ2) is 5.11. The summed E-state index contributed by atoms with van der Waals surface area (Å²) >= 11 is 0. The van der Waals surface area contributed by atoms with Crippen molar-refractivity contribution in [1.29, 1.82) is 0 Å². The summed E-state index contributed by atoms with van der Waals surface area (Å²) in [4.78, 5) is 29.5. The quantitative estimate of drug-likeness (QED) is 0.654.